The number of carbonyl (C=O) groups excluding carboxylic acids is 1. The van der Waals surface area contributed by atoms with E-state index in [1.54, 1.807) is 6.07 Å². The van der Waals surface area contributed by atoms with Crippen molar-refractivity contribution < 1.29 is 13.2 Å². The van der Waals surface area contributed by atoms with E-state index in [9.17, 15) is 13.2 Å². The molecule has 16 heavy (non-hydrogen) atoms. The van der Waals surface area contributed by atoms with Crippen LogP contribution in [0, 0.1) is 0 Å². The second kappa shape index (κ2) is 4.63. The van der Waals surface area contributed by atoms with Gasteiger partial charge in [0.1, 0.15) is 0 Å². The van der Waals surface area contributed by atoms with Crippen molar-refractivity contribution in [3.63, 3.8) is 0 Å². The number of sulfonamides is 1. The zero-order chi connectivity index (χ0) is 12.3. The van der Waals surface area contributed by atoms with Crippen molar-refractivity contribution in [3.05, 3.63) is 29.3 Å². The van der Waals surface area contributed by atoms with Crippen molar-refractivity contribution in [1.29, 1.82) is 0 Å². The first-order valence-corrected chi connectivity index (χ1v) is 6.32. The maximum Gasteiger partial charge on any atom is 0.238 e. The van der Waals surface area contributed by atoms with E-state index in [1.165, 1.54) is 12.1 Å². The lowest BCUT2D eigenvalue weighted by atomic mass is 10.0. The zero-order valence-corrected chi connectivity index (χ0v) is 9.75. The van der Waals surface area contributed by atoms with Crippen molar-refractivity contribution in [2.45, 2.75) is 24.7 Å². The highest BCUT2D eigenvalue weighted by Crippen LogP contribution is 2.16. The lowest BCUT2D eigenvalue weighted by molar-refractivity contribution is -0.117. The smallest absolute Gasteiger partial charge is 0.238 e. The maximum absolute atomic E-state index is 11.1. The molecule has 0 unspecified atom stereocenters. The van der Waals surface area contributed by atoms with E-state index in [1.807, 2.05) is 6.92 Å². The zero-order valence-electron chi connectivity index (χ0n) is 8.93. The summed E-state index contributed by atoms with van der Waals surface area (Å²) in [4.78, 5) is 10.9. The molecule has 0 aliphatic carbocycles. The van der Waals surface area contributed by atoms with Gasteiger partial charge in [-0.1, -0.05) is 13.0 Å². The molecule has 0 saturated carbocycles. The monoisotopic (exact) mass is 242 g/mol. The van der Waals surface area contributed by atoms with Crippen LogP contribution < -0.4 is 10.9 Å². The molecule has 0 heterocycles. The van der Waals surface area contributed by atoms with Gasteiger partial charge in [0.05, 0.1) is 11.3 Å². The second-order valence-corrected chi connectivity index (χ2v) is 5.03. The fourth-order valence-electron chi connectivity index (χ4n) is 1.47. The van der Waals surface area contributed by atoms with Crippen LogP contribution in [0.15, 0.2) is 23.1 Å². The van der Waals surface area contributed by atoms with Gasteiger partial charge in [-0.05, 0) is 29.7 Å². The summed E-state index contributed by atoms with van der Waals surface area (Å²) >= 11 is 0. The Morgan fingerprint density at radius 2 is 1.94 bits per heavy atom. The Labute approximate surface area is 94.5 Å². The highest BCUT2D eigenvalue weighted by atomic mass is 32.2. The molecule has 6 heteroatoms. The third-order valence-corrected chi connectivity index (χ3v) is 3.16. The quantitative estimate of drug-likeness (QED) is 0.771. The van der Waals surface area contributed by atoms with Gasteiger partial charge in [-0.15, -0.1) is 0 Å². The Hall–Kier alpha value is -1.40. The molecule has 0 saturated heterocycles. The Kier molecular flexibility index (Phi) is 3.66. The van der Waals surface area contributed by atoms with Crippen molar-refractivity contribution in [2.24, 2.45) is 10.9 Å². The summed E-state index contributed by atoms with van der Waals surface area (Å²) in [5.41, 5.74) is 6.60. The highest BCUT2D eigenvalue weighted by molar-refractivity contribution is 7.89. The van der Waals surface area contributed by atoms with Gasteiger partial charge in [-0.3, -0.25) is 4.79 Å². The minimum Gasteiger partial charge on any atom is -0.369 e. The summed E-state index contributed by atoms with van der Waals surface area (Å²) in [5, 5.41) is 5.01. The van der Waals surface area contributed by atoms with Crippen LogP contribution >= 0.6 is 0 Å². The highest BCUT2D eigenvalue weighted by Gasteiger charge is 2.11. The van der Waals surface area contributed by atoms with Crippen LogP contribution in [0.3, 0.4) is 0 Å². The predicted molar refractivity (Wildman–Crippen MR) is 60.1 cm³/mol. The van der Waals surface area contributed by atoms with Crippen LogP contribution in [0.2, 0.25) is 0 Å². The number of amides is 1. The molecule has 0 bridgehead atoms. The minimum absolute atomic E-state index is 0.0533. The van der Waals surface area contributed by atoms with E-state index in [0.717, 1.165) is 11.1 Å². The molecular weight excluding hydrogens is 228 g/mol. The van der Waals surface area contributed by atoms with Crippen molar-refractivity contribution in [3.8, 4) is 0 Å². The molecule has 88 valence electrons. The molecule has 4 N–H and O–H groups in total. The van der Waals surface area contributed by atoms with Crippen molar-refractivity contribution in [1.82, 2.24) is 0 Å². The molecule has 5 nitrogen and oxygen atoms in total. The maximum atomic E-state index is 11.1. The second-order valence-electron chi connectivity index (χ2n) is 3.47. The van der Waals surface area contributed by atoms with Gasteiger partial charge >= 0.3 is 0 Å². The van der Waals surface area contributed by atoms with Crippen LogP contribution in [0.5, 0.6) is 0 Å². The average molecular weight is 242 g/mol. The SMILES string of the molecule is CCc1cc(S(N)(=O)=O)ccc1CC(N)=O. The molecule has 0 aliphatic rings. The Bertz CT molecular complexity index is 509. The molecule has 1 amide bonds. The van der Waals surface area contributed by atoms with Gasteiger partial charge in [0.15, 0.2) is 0 Å². The fraction of sp³-hybridized carbons (Fsp3) is 0.300. The topological polar surface area (TPSA) is 103 Å². The lowest BCUT2D eigenvalue weighted by Gasteiger charge is -2.07. The fourth-order valence-corrected chi connectivity index (χ4v) is 2.03. The van der Waals surface area contributed by atoms with Crippen LogP contribution in [0.4, 0.5) is 0 Å². The van der Waals surface area contributed by atoms with Crippen LogP contribution in [-0.2, 0) is 27.7 Å². The summed E-state index contributed by atoms with van der Waals surface area (Å²) in [6.45, 7) is 1.87. The van der Waals surface area contributed by atoms with E-state index < -0.39 is 15.9 Å². The molecule has 0 fully saturated rings. The van der Waals surface area contributed by atoms with Crippen molar-refractivity contribution >= 4 is 15.9 Å². The van der Waals surface area contributed by atoms with Gasteiger partial charge < -0.3 is 5.73 Å². The Morgan fingerprint density at radius 1 is 1.31 bits per heavy atom. The molecular formula is C10H14N2O3S. The molecule has 1 aromatic rings. The lowest BCUT2D eigenvalue weighted by Crippen LogP contribution is -2.16. The predicted octanol–water partition coefficient (Wildman–Crippen LogP) is -0.0758. The summed E-state index contributed by atoms with van der Waals surface area (Å²) in [6, 6.07) is 4.43. The van der Waals surface area contributed by atoms with Gasteiger partial charge in [0.2, 0.25) is 15.9 Å². The third kappa shape index (κ3) is 3.04. The normalized spacial score (nSPS) is 11.4. The molecule has 0 radical (unpaired) electrons. The van der Waals surface area contributed by atoms with Gasteiger partial charge in [-0.25, -0.2) is 13.6 Å². The number of aryl methyl sites for hydroxylation is 1. The summed E-state index contributed by atoms with van der Waals surface area (Å²) < 4.78 is 22.2. The molecule has 0 aliphatic heterocycles. The Morgan fingerprint density at radius 3 is 2.38 bits per heavy atom. The largest absolute Gasteiger partial charge is 0.369 e. The number of carbonyl (C=O) groups is 1. The van der Waals surface area contributed by atoms with Gasteiger partial charge in [0, 0.05) is 0 Å². The van der Waals surface area contributed by atoms with E-state index >= 15 is 0 Å². The first kappa shape index (κ1) is 12.7. The molecule has 0 aromatic heterocycles. The van der Waals surface area contributed by atoms with E-state index in [0.29, 0.717) is 6.42 Å². The number of rotatable bonds is 4. The first-order chi connectivity index (χ1) is 7.34. The molecule has 0 atom stereocenters. The number of nitrogens with two attached hydrogens (primary N) is 2. The van der Waals surface area contributed by atoms with E-state index in [-0.39, 0.29) is 11.3 Å². The molecule has 1 aromatic carbocycles. The minimum atomic E-state index is -3.70. The Balaban J connectivity index is 3.22. The van der Waals surface area contributed by atoms with Crippen molar-refractivity contribution in [2.75, 3.05) is 0 Å². The molecule has 0 spiro atoms. The van der Waals surface area contributed by atoms with Crippen LogP contribution in [0.25, 0.3) is 0 Å². The average Bonchev–Trinajstić information content (AvgIpc) is 2.15. The summed E-state index contributed by atoms with van der Waals surface area (Å²) in [7, 11) is -3.70. The molecule has 1 rings (SSSR count). The van der Waals surface area contributed by atoms with E-state index in [2.05, 4.69) is 0 Å². The number of primary sulfonamides is 1. The van der Waals surface area contributed by atoms with Gasteiger partial charge in [0.25, 0.3) is 0 Å². The summed E-state index contributed by atoms with van der Waals surface area (Å²) in [5.74, 6) is -0.446. The number of hydrogen-bond acceptors (Lipinski definition) is 3. The standard InChI is InChI=1S/C10H14N2O3S/c1-2-7-5-9(16(12,14)15)4-3-8(7)6-10(11)13/h3-5H,2,6H2,1H3,(H2,11,13)(H2,12,14,15). The van der Waals surface area contributed by atoms with Crippen LogP contribution in [0.1, 0.15) is 18.1 Å². The number of benzene rings is 1. The number of primary amides is 1. The first-order valence-electron chi connectivity index (χ1n) is 4.77. The summed E-state index contributed by atoms with van der Waals surface area (Å²) in [6.07, 6.45) is 0.722. The van der Waals surface area contributed by atoms with E-state index in [4.69, 9.17) is 10.9 Å². The third-order valence-electron chi connectivity index (χ3n) is 2.25. The van der Waals surface area contributed by atoms with Crippen LogP contribution in [-0.4, -0.2) is 14.3 Å². The number of hydrogen-bond donors (Lipinski definition) is 2. The van der Waals surface area contributed by atoms with Gasteiger partial charge in [-0.2, -0.15) is 0 Å².